The molecule has 0 saturated heterocycles. The molecule has 0 radical (unpaired) electrons. The van der Waals surface area contributed by atoms with Crippen LogP contribution in [0.15, 0.2) is 24.3 Å². The summed E-state index contributed by atoms with van der Waals surface area (Å²) < 4.78 is 15.4. The topological polar surface area (TPSA) is 47.9 Å². The summed E-state index contributed by atoms with van der Waals surface area (Å²) in [4.78, 5) is 0. The Morgan fingerprint density at radius 1 is 1.25 bits per heavy atom. The predicted octanol–water partition coefficient (Wildman–Crippen LogP) is 1.74. The molecular weight excluding hydrogens is 208 g/mol. The van der Waals surface area contributed by atoms with Crippen LogP contribution in [0.4, 0.5) is 0 Å². The maximum absolute atomic E-state index is 9.97. The molecule has 0 saturated carbocycles. The lowest BCUT2D eigenvalue weighted by atomic mass is 10.1. The minimum Gasteiger partial charge on any atom is -0.494 e. The molecule has 16 heavy (non-hydrogen) atoms. The Labute approximate surface area is 95.8 Å². The first-order valence-corrected chi connectivity index (χ1v) is 5.19. The van der Waals surface area contributed by atoms with Crippen LogP contribution < -0.4 is 4.74 Å². The van der Waals surface area contributed by atoms with E-state index in [4.69, 9.17) is 14.2 Å². The van der Waals surface area contributed by atoms with Crippen molar-refractivity contribution in [2.24, 2.45) is 0 Å². The standard InChI is InChI=1S/C12H18O4/c1-4-16-10-7-5-6-9(8-10)11(13)12(14-2)15-3/h5-8,11-13H,4H2,1-3H3. The zero-order valence-electron chi connectivity index (χ0n) is 9.84. The third-order valence-electron chi connectivity index (χ3n) is 2.23. The number of benzene rings is 1. The second-order valence-corrected chi connectivity index (χ2v) is 3.29. The van der Waals surface area contributed by atoms with Gasteiger partial charge in [-0.15, -0.1) is 0 Å². The summed E-state index contributed by atoms with van der Waals surface area (Å²) in [5.74, 6) is 0.727. The van der Waals surface area contributed by atoms with Crippen molar-refractivity contribution in [2.75, 3.05) is 20.8 Å². The van der Waals surface area contributed by atoms with Gasteiger partial charge in [0.1, 0.15) is 11.9 Å². The minimum atomic E-state index is -0.824. The van der Waals surface area contributed by atoms with Crippen LogP contribution >= 0.6 is 0 Å². The maximum Gasteiger partial charge on any atom is 0.187 e. The highest BCUT2D eigenvalue weighted by molar-refractivity contribution is 5.30. The van der Waals surface area contributed by atoms with Gasteiger partial charge in [-0.1, -0.05) is 12.1 Å². The molecule has 0 aliphatic carbocycles. The van der Waals surface area contributed by atoms with Crippen molar-refractivity contribution in [2.45, 2.75) is 19.3 Å². The van der Waals surface area contributed by atoms with E-state index in [0.29, 0.717) is 12.2 Å². The molecule has 1 atom stereocenters. The molecule has 1 aromatic carbocycles. The third-order valence-corrected chi connectivity index (χ3v) is 2.23. The summed E-state index contributed by atoms with van der Waals surface area (Å²) in [7, 11) is 2.98. The molecule has 1 unspecified atom stereocenters. The molecule has 4 nitrogen and oxygen atoms in total. The monoisotopic (exact) mass is 226 g/mol. The van der Waals surface area contributed by atoms with Crippen LogP contribution in [0.3, 0.4) is 0 Å². The fraction of sp³-hybridized carbons (Fsp3) is 0.500. The van der Waals surface area contributed by atoms with Gasteiger partial charge in [-0.25, -0.2) is 0 Å². The largest absolute Gasteiger partial charge is 0.494 e. The van der Waals surface area contributed by atoms with Gasteiger partial charge in [-0.2, -0.15) is 0 Å². The quantitative estimate of drug-likeness (QED) is 0.750. The smallest absolute Gasteiger partial charge is 0.187 e. The summed E-state index contributed by atoms with van der Waals surface area (Å²) in [6, 6.07) is 7.25. The Bertz CT molecular complexity index is 310. The lowest BCUT2D eigenvalue weighted by molar-refractivity contribution is -0.166. The number of rotatable bonds is 6. The highest BCUT2D eigenvalue weighted by Gasteiger charge is 2.20. The van der Waals surface area contributed by atoms with E-state index < -0.39 is 12.4 Å². The Kier molecular flexibility index (Phi) is 5.25. The first-order chi connectivity index (χ1) is 7.72. The zero-order chi connectivity index (χ0) is 12.0. The van der Waals surface area contributed by atoms with Crippen LogP contribution in [0.25, 0.3) is 0 Å². The number of hydrogen-bond donors (Lipinski definition) is 1. The zero-order valence-corrected chi connectivity index (χ0v) is 9.84. The number of hydrogen-bond acceptors (Lipinski definition) is 4. The molecule has 1 rings (SSSR count). The number of aliphatic hydroxyl groups is 1. The van der Waals surface area contributed by atoms with Gasteiger partial charge in [0, 0.05) is 14.2 Å². The normalized spacial score (nSPS) is 12.8. The summed E-state index contributed by atoms with van der Waals surface area (Å²) >= 11 is 0. The van der Waals surface area contributed by atoms with E-state index in [9.17, 15) is 5.11 Å². The summed E-state index contributed by atoms with van der Waals surface area (Å²) in [5, 5.41) is 9.97. The van der Waals surface area contributed by atoms with Gasteiger partial charge >= 0.3 is 0 Å². The van der Waals surface area contributed by atoms with Gasteiger partial charge in [-0.05, 0) is 24.6 Å². The van der Waals surface area contributed by atoms with Crippen molar-refractivity contribution in [3.8, 4) is 5.75 Å². The highest BCUT2D eigenvalue weighted by Crippen LogP contribution is 2.23. The van der Waals surface area contributed by atoms with Crippen LogP contribution in [0.2, 0.25) is 0 Å². The minimum absolute atomic E-state index is 0.595. The summed E-state index contributed by atoms with van der Waals surface area (Å²) in [6.45, 7) is 2.51. The molecule has 1 N–H and O–H groups in total. The molecular formula is C12H18O4. The molecule has 0 aliphatic heterocycles. The molecule has 0 heterocycles. The average Bonchev–Trinajstić information content (AvgIpc) is 2.31. The van der Waals surface area contributed by atoms with E-state index in [1.54, 1.807) is 12.1 Å². The van der Waals surface area contributed by atoms with Gasteiger partial charge in [0.25, 0.3) is 0 Å². The second-order valence-electron chi connectivity index (χ2n) is 3.29. The summed E-state index contributed by atoms with van der Waals surface area (Å²) in [5.41, 5.74) is 0.708. The van der Waals surface area contributed by atoms with Gasteiger partial charge in [0.2, 0.25) is 0 Å². The van der Waals surface area contributed by atoms with Gasteiger partial charge in [0.05, 0.1) is 6.61 Å². The first-order valence-electron chi connectivity index (χ1n) is 5.19. The Morgan fingerprint density at radius 3 is 2.50 bits per heavy atom. The van der Waals surface area contributed by atoms with Crippen LogP contribution in [-0.2, 0) is 9.47 Å². The molecule has 1 aromatic rings. The molecule has 0 spiro atoms. The van der Waals surface area contributed by atoms with E-state index in [1.807, 2.05) is 19.1 Å². The fourth-order valence-corrected chi connectivity index (χ4v) is 1.47. The Balaban J connectivity index is 2.81. The predicted molar refractivity (Wildman–Crippen MR) is 60.4 cm³/mol. The maximum atomic E-state index is 9.97. The SMILES string of the molecule is CCOc1cccc(C(O)C(OC)OC)c1. The van der Waals surface area contributed by atoms with Crippen molar-refractivity contribution in [1.82, 2.24) is 0 Å². The van der Waals surface area contributed by atoms with Crippen LogP contribution in [-0.4, -0.2) is 32.2 Å². The van der Waals surface area contributed by atoms with Crippen LogP contribution in [0, 0.1) is 0 Å². The fourth-order valence-electron chi connectivity index (χ4n) is 1.47. The Hall–Kier alpha value is -1.10. The Morgan fingerprint density at radius 2 is 1.94 bits per heavy atom. The van der Waals surface area contributed by atoms with Gasteiger partial charge in [-0.3, -0.25) is 0 Å². The molecule has 0 amide bonds. The molecule has 0 bridgehead atoms. The van der Waals surface area contributed by atoms with Gasteiger partial charge in [0.15, 0.2) is 6.29 Å². The molecule has 0 fully saturated rings. The lowest BCUT2D eigenvalue weighted by Gasteiger charge is -2.20. The van der Waals surface area contributed by atoms with Crippen molar-refractivity contribution < 1.29 is 19.3 Å². The van der Waals surface area contributed by atoms with Crippen LogP contribution in [0.5, 0.6) is 5.75 Å². The van der Waals surface area contributed by atoms with E-state index in [2.05, 4.69) is 0 Å². The molecule has 4 heteroatoms. The first kappa shape index (κ1) is 13.0. The van der Waals surface area contributed by atoms with Crippen molar-refractivity contribution in [3.63, 3.8) is 0 Å². The van der Waals surface area contributed by atoms with Crippen LogP contribution in [0.1, 0.15) is 18.6 Å². The van der Waals surface area contributed by atoms with E-state index in [0.717, 1.165) is 5.75 Å². The number of aliphatic hydroxyl groups excluding tert-OH is 1. The van der Waals surface area contributed by atoms with E-state index in [1.165, 1.54) is 14.2 Å². The van der Waals surface area contributed by atoms with Gasteiger partial charge < -0.3 is 19.3 Å². The third kappa shape index (κ3) is 3.20. The molecule has 0 aromatic heterocycles. The number of methoxy groups -OCH3 is 2. The molecule has 90 valence electrons. The highest BCUT2D eigenvalue weighted by atomic mass is 16.7. The van der Waals surface area contributed by atoms with Crippen molar-refractivity contribution >= 4 is 0 Å². The molecule has 0 aliphatic rings. The average molecular weight is 226 g/mol. The van der Waals surface area contributed by atoms with Crippen molar-refractivity contribution in [3.05, 3.63) is 29.8 Å². The van der Waals surface area contributed by atoms with E-state index in [-0.39, 0.29) is 0 Å². The second kappa shape index (κ2) is 6.48. The van der Waals surface area contributed by atoms with Crippen molar-refractivity contribution in [1.29, 1.82) is 0 Å². The number of ether oxygens (including phenoxy) is 3. The summed E-state index contributed by atoms with van der Waals surface area (Å²) in [6.07, 6.45) is -1.49. The lowest BCUT2D eigenvalue weighted by Crippen LogP contribution is -2.22. The van der Waals surface area contributed by atoms with E-state index >= 15 is 0 Å².